The van der Waals surface area contributed by atoms with Crippen LogP contribution in [-0.2, 0) is 0 Å². The fourth-order valence-corrected chi connectivity index (χ4v) is 9.74. The van der Waals surface area contributed by atoms with Crippen LogP contribution < -0.4 is 0 Å². The molecule has 0 N–H and O–H groups in total. The fourth-order valence-electron chi connectivity index (χ4n) is 9.74. The average molecular weight is 805 g/mol. The molecule has 294 valence electrons. The first-order chi connectivity index (χ1) is 31.2. The van der Waals surface area contributed by atoms with Crippen molar-refractivity contribution >= 4 is 65.5 Å². The molecule has 7 aromatic carbocycles. The monoisotopic (exact) mass is 804 g/mol. The predicted octanol–water partition coefficient (Wildman–Crippen LogP) is 14.2. The van der Waals surface area contributed by atoms with Crippen LogP contribution >= 0.6 is 0 Å². The lowest BCUT2D eigenvalue weighted by molar-refractivity contribution is 1.08. The first kappa shape index (κ1) is 35.2. The zero-order valence-corrected chi connectivity index (χ0v) is 34.0. The van der Waals surface area contributed by atoms with E-state index in [2.05, 4.69) is 202 Å². The zero-order chi connectivity index (χ0) is 41.4. The van der Waals surface area contributed by atoms with Crippen LogP contribution in [0.2, 0.25) is 0 Å². The summed E-state index contributed by atoms with van der Waals surface area (Å²) in [5.74, 6) is 0.886. The number of para-hydroxylation sites is 3. The van der Waals surface area contributed by atoms with E-state index >= 15 is 0 Å². The highest BCUT2D eigenvalue weighted by Crippen LogP contribution is 2.40. The van der Waals surface area contributed by atoms with Gasteiger partial charge in [-0.1, -0.05) is 127 Å². The van der Waals surface area contributed by atoms with Crippen molar-refractivity contribution in [1.29, 1.82) is 0 Å². The van der Waals surface area contributed by atoms with E-state index < -0.39 is 0 Å². The first-order valence-corrected chi connectivity index (χ1v) is 21.3. The van der Waals surface area contributed by atoms with Gasteiger partial charge in [0.25, 0.3) is 0 Å². The summed E-state index contributed by atoms with van der Waals surface area (Å²) in [6.45, 7) is 0. The highest BCUT2D eigenvalue weighted by atomic mass is 15.1. The Labute approximate surface area is 362 Å². The van der Waals surface area contributed by atoms with Crippen molar-refractivity contribution in [1.82, 2.24) is 28.7 Å². The van der Waals surface area contributed by atoms with E-state index in [-0.39, 0.29) is 0 Å². The molecule has 0 amide bonds. The molecule has 63 heavy (non-hydrogen) atoms. The maximum absolute atomic E-state index is 5.34. The highest BCUT2D eigenvalue weighted by molar-refractivity contribution is 6.13. The molecule has 0 saturated heterocycles. The van der Waals surface area contributed by atoms with Crippen molar-refractivity contribution < 1.29 is 0 Å². The minimum absolute atomic E-state index is 0.886. The van der Waals surface area contributed by atoms with Gasteiger partial charge >= 0.3 is 0 Å². The van der Waals surface area contributed by atoms with Crippen LogP contribution in [0.15, 0.2) is 219 Å². The molecule has 6 aromatic heterocycles. The summed E-state index contributed by atoms with van der Waals surface area (Å²) in [4.78, 5) is 14.9. The summed E-state index contributed by atoms with van der Waals surface area (Å²) in [6, 6.07) is 71.4. The molecule has 0 bridgehead atoms. The number of aromatic nitrogens is 6. The van der Waals surface area contributed by atoms with Gasteiger partial charge in [-0.3, -0.25) is 14.5 Å². The fraction of sp³-hybridized carbons (Fsp3) is 0. The Morgan fingerprint density at radius 3 is 1.49 bits per heavy atom. The number of benzene rings is 7. The number of nitrogens with zero attached hydrogens (tertiary/aromatic N) is 6. The van der Waals surface area contributed by atoms with Crippen LogP contribution in [-0.4, -0.2) is 28.7 Å². The van der Waals surface area contributed by atoms with Crippen molar-refractivity contribution in [3.63, 3.8) is 0 Å². The third kappa shape index (κ3) is 5.55. The second-order valence-corrected chi connectivity index (χ2v) is 16.1. The lowest BCUT2D eigenvalue weighted by Gasteiger charge is -2.13. The summed E-state index contributed by atoms with van der Waals surface area (Å²) in [6.07, 6.45) is 5.77. The number of hydrogen-bond donors (Lipinski definition) is 0. The van der Waals surface area contributed by atoms with E-state index in [1.807, 2.05) is 30.7 Å². The molecule has 6 nitrogen and oxygen atoms in total. The average Bonchev–Trinajstić information content (AvgIpc) is 4.00. The maximum Gasteiger partial charge on any atom is 0.138 e. The third-order valence-corrected chi connectivity index (χ3v) is 12.5. The van der Waals surface area contributed by atoms with Gasteiger partial charge in [0.05, 0.1) is 68.1 Å². The standard InChI is InChI=1S/C57H36N6/c1-3-14-37(15-4-1)41-32-49(38-16-5-2-6-17-38)60-56(33-41)63-51-22-11-8-19-45(51)48-31-40(26-28-54(48)63)39-25-27-53-47(30-39)44-18-7-10-21-50(44)61(53)42-34-43(36-58-35-42)62-52-23-12-9-20-46(52)57-55(62)24-13-29-59-57/h1-36H. The van der Waals surface area contributed by atoms with Crippen molar-refractivity contribution in [3.8, 4) is 50.7 Å². The number of hydrogen-bond acceptors (Lipinski definition) is 3. The Bertz CT molecular complexity index is 3800. The molecule has 0 saturated carbocycles. The Hall–Kier alpha value is -8.61. The molecule has 6 heteroatoms. The van der Waals surface area contributed by atoms with Crippen molar-refractivity contribution in [2.75, 3.05) is 0 Å². The number of rotatable bonds is 6. The van der Waals surface area contributed by atoms with Gasteiger partial charge in [-0.15, -0.1) is 0 Å². The molecule has 0 aliphatic carbocycles. The van der Waals surface area contributed by atoms with Crippen LogP contribution in [0, 0.1) is 0 Å². The topological polar surface area (TPSA) is 53.5 Å². The van der Waals surface area contributed by atoms with Gasteiger partial charge in [-0.25, -0.2) is 4.98 Å². The Morgan fingerprint density at radius 1 is 0.317 bits per heavy atom. The highest BCUT2D eigenvalue weighted by Gasteiger charge is 2.19. The van der Waals surface area contributed by atoms with E-state index in [1.54, 1.807) is 0 Å². The second-order valence-electron chi connectivity index (χ2n) is 16.1. The first-order valence-electron chi connectivity index (χ1n) is 21.3. The zero-order valence-electron chi connectivity index (χ0n) is 34.0. The number of pyridine rings is 3. The molecule has 0 radical (unpaired) electrons. The van der Waals surface area contributed by atoms with Crippen molar-refractivity contribution in [2.24, 2.45) is 0 Å². The summed E-state index contributed by atoms with van der Waals surface area (Å²) in [5, 5.41) is 5.87. The van der Waals surface area contributed by atoms with E-state index in [0.29, 0.717) is 0 Å². The molecule has 0 aliphatic heterocycles. The van der Waals surface area contributed by atoms with Gasteiger partial charge < -0.3 is 9.13 Å². The smallest absolute Gasteiger partial charge is 0.138 e. The van der Waals surface area contributed by atoms with E-state index in [1.165, 1.54) is 21.5 Å². The van der Waals surface area contributed by atoms with E-state index in [4.69, 9.17) is 15.0 Å². The molecule has 0 unspecified atom stereocenters. The van der Waals surface area contributed by atoms with Gasteiger partial charge in [-0.05, 0) is 95.1 Å². The molecule has 0 atom stereocenters. The summed E-state index contributed by atoms with van der Waals surface area (Å²) >= 11 is 0. The van der Waals surface area contributed by atoms with Gasteiger partial charge in [0.1, 0.15) is 5.82 Å². The molecule has 6 heterocycles. The maximum atomic E-state index is 5.34. The summed E-state index contributed by atoms with van der Waals surface area (Å²) in [7, 11) is 0. The van der Waals surface area contributed by atoms with Crippen LogP contribution in [0.4, 0.5) is 0 Å². The SMILES string of the molecule is c1ccc(-c2cc(-c3ccccc3)nc(-n3c4ccccc4c4cc(-c5ccc6c(c5)c5ccccc5n6-c5cncc(-n6c7ccccc7c7ncccc76)c5)ccc43)c2)cc1. The molecule has 0 aliphatic rings. The minimum atomic E-state index is 0.886. The predicted molar refractivity (Wildman–Crippen MR) is 259 cm³/mol. The Kier molecular flexibility index (Phi) is 7.80. The molecular formula is C57H36N6. The normalized spacial score (nSPS) is 11.8. The lowest BCUT2D eigenvalue weighted by Crippen LogP contribution is -2.00. The van der Waals surface area contributed by atoms with Gasteiger partial charge in [-0.2, -0.15) is 0 Å². The van der Waals surface area contributed by atoms with Gasteiger partial charge in [0.15, 0.2) is 0 Å². The molecule has 13 rings (SSSR count). The lowest BCUT2D eigenvalue weighted by atomic mass is 10.0. The van der Waals surface area contributed by atoms with Gasteiger partial charge in [0, 0.05) is 38.7 Å². The summed E-state index contributed by atoms with van der Waals surface area (Å²) in [5.41, 5.74) is 16.2. The Balaban J connectivity index is 0.959. The minimum Gasteiger partial charge on any atom is -0.308 e. The third-order valence-electron chi connectivity index (χ3n) is 12.5. The summed E-state index contributed by atoms with van der Waals surface area (Å²) < 4.78 is 6.93. The van der Waals surface area contributed by atoms with Crippen LogP contribution in [0.5, 0.6) is 0 Å². The van der Waals surface area contributed by atoms with Crippen molar-refractivity contribution in [2.45, 2.75) is 0 Å². The number of fused-ring (bicyclic) bond motifs is 9. The molecule has 0 fully saturated rings. The molecular weight excluding hydrogens is 769 g/mol. The molecule has 13 aromatic rings. The van der Waals surface area contributed by atoms with Crippen LogP contribution in [0.3, 0.4) is 0 Å². The van der Waals surface area contributed by atoms with E-state index in [0.717, 1.165) is 94.7 Å². The second kappa shape index (κ2) is 14.0. The largest absolute Gasteiger partial charge is 0.308 e. The van der Waals surface area contributed by atoms with Gasteiger partial charge in [0.2, 0.25) is 0 Å². The molecule has 0 spiro atoms. The van der Waals surface area contributed by atoms with E-state index in [9.17, 15) is 0 Å². The van der Waals surface area contributed by atoms with Crippen molar-refractivity contribution in [3.05, 3.63) is 219 Å². The Morgan fingerprint density at radius 2 is 0.825 bits per heavy atom. The van der Waals surface area contributed by atoms with Crippen LogP contribution in [0.25, 0.3) is 116 Å². The van der Waals surface area contributed by atoms with Crippen LogP contribution in [0.1, 0.15) is 0 Å². The quantitative estimate of drug-likeness (QED) is 0.168.